The van der Waals surface area contributed by atoms with E-state index in [1.807, 2.05) is 0 Å². The number of non-ortho nitro benzene ring substituents is 1. The van der Waals surface area contributed by atoms with E-state index in [0.717, 1.165) is 6.08 Å². The Labute approximate surface area is 172 Å². The first-order valence-corrected chi connectivity index (χ1v) is 8.86. The Morgan fingerprint density at radius 3 is 2.45 bits per heavy atom. The summed E-state index contributed by atoms with van der Waals surface area (Å²) in [5.41, 5.74) is -1.61. The number of benzene rings is 2. The maximum Gasteiger partial charge on any atom is 0.435 e. The second kappa shape index (κ2) is 7.56. The predicted molar refractivity (Wildman–Crippen MR) is 106 cm³/mol. The summed E-state index contributed by atoms with van der Waals surface area (Å²) >= 11 is 0. The van der Waals surface area contributed by atoms with Gasteiger partial charge in [0.1, 0.15) is 11.5 Å². The lowest BCUT2D eigenvalue weighted by Gasteiger charge is -2.10. The van der Waals surface area contributed by atoms with Crippen LogP contribution in [0.4, 0.5) is 24.5 Å². The molecule has 3 aromatic rings. The number of rotatable bonds is 4. The average Bonchev–Trinajstić information content (AvgIpc) is 3.34. The lowest BCUT2D eigenvalue weighted by Crippen LogP contribution is -2.25. The van der Waals surface area contributed by atoms with Crippen molar-refractivity contribution in [3.63, 3.8) is 0 Å². The highest BCUT2D eigenvalue weighted by molar-refractivity contribution is 6.34. The molecule has 0 fully saturated rings. The summed E-state index contributed by atoms with van der Waals surface area (Å²) in [7, 11) is 0. The molecule has 0 saturated heterocycles. The molecule has 1 aliphatic rings. The molecule has 0 saturated carbocycles. The average molecular weight is 427 g/mol. The number of hydrogen-bond donors (Lipinski definition) is 0. The third-order valence-corrected chi connectivity index (χ3v) is 4.40. The molecule has 1 aliphatic heterocycles. The molecule has 0 aliphatic carbocycles. The number of nitro benzene ring substituents is 1. The zero-order valence-corrected chi connectivity index (χ0v) is 15.5. The monoisotopic (exact) mass is 427 g/mol. The van der Waals surface area contributed by atoms with E-state index in [4.69, 9.17) is 4.42 Å². The Balaban J connectivity index is 1.71. The van der Waals surface area contributed by atoms with E-state index in [1.165, 1.54) is 42.5 Å². The number of hydrogen-bond acceptors (Lipinski definition) is 5. The van der Waals surface area contributed by atoms with Gasteiger partial charge in [-0.15, -0.1) is 0 Å². The van der Waals surface area contributed by atoms with Crippen LogP contribution in [-0.2, 0) is 4.79 Å². The van der Waals surface area contributed by atoms with Gasteiger partial charge in [-0.25, -0.2) is 0 Å². The van der Waals surface area contributed by atoms with Crippen LogP contribution in [0, 0.1) is 10.1 Å². The van der Waals surface area contributed by atoms with E-state index in [2.05, 4.69) is 5.10 Å². The molecule has 0 N–H and O–H groups in total. The molecule has 0 spiro atoms. The van der Waals surface area contributed by atoms with Gasteiger partial charge in [0, 0.05) is 17.7 Å². The number of carbonyl (C=O) groups is 1. The highest BCUT2D eigenvalue weighted by Gasteiger charge is 2.47. The minimum absolute atomic E-state index is 0.0308. The number of para-hydroxylation sites is 1. The van der Waals surface area contributed by atoms with Crippen molar-refractivity contribution < 1.29 is 27.3 Å². The Morgan fingerprint density at radius 1 is 1.03 bits per heavy atom. The molecule has 2 heterocycles. The largest absolute Gasteiger partial charge is 0.457 e. The number of furan rings is 1. The van der Waals surface area contributed by atoms with E-state index >= 15 is 0 Å². The molecule has 4 rings (SSSR count). The summed E-state index contributed by atoms with van der Waals surface area (Å²) in [5.74, 6) is -0.782. The number of amides is 1. The number of nitrogens with zero attached hydrogens (tertiary/aromatic N) is 3. The smallest absolute Gasteiger partial charge is 0.435 e. The van der Waals surface area contributed by atoms with Gasteiger partial charge in [-0.05, 0) is 30.3 Å². The van der Waals surface area contributed by atoms with Crippen molar-refractivity contribution in [3.8, 4) is 11.3 Å². The molecular formula is C21H12F3N3O4. The Kier molecular flexibility index (Phi) is 4.90. The van der Waals surface area contributed by atoms with Crippen LogP contribution in [0.1, 0.15) is 5.76 Å². The molecule has 0 unspecified atom stereocenters. The summed E-state index contributed by atoms with van der Waals surface area (Å²) in [4.78, 5) is 23.1. The van der Waals surface area contributed by atoms with E-state index in [1.54, 1.807) is 24.3 Å². The number of hydrazone groups is 1. The van der Waals surface area contributed by atoms with Crippen LogP contribution in [0.25, 0.3) is 17.4 Å². The van der Waals surface area contributed by atoms with Crippen LogP contribution in [0.5, 0.6) is 0 Å². The van der Waals surface area contributed by atoms with Crippen LogP contribution in [-0.4, -0.2) is 22.7 Å². The summed E-state index contributed by atoms with van der Waals surface area (Å²) in [6.45, 7) is 0. The van der Waals surface area contributed by atoms with Crippen molar-refractivity contribution in [2.75, 3.05) is 5.01 Å². The van der Waals surface area contributed by atoms with Crippen molar-refractivity contribution in [1.82, 2.24) is 0 Å². The third-order valence-electron chi connectivity index (χ3n) is 4.40. The van der Waals surface area contributed by atoms with Crippen molar-refractivity contribution in [3.05, 3.63) is 88.2 Å². The molecule has 7 nitrogen and oxygen atoms in total. The second-order valence-corrected chi connectivity index (χ2v) is 6.47. The fourth-order valence-electron chi connectivity index (χ4n) is 3.00. The van der Waals surface area contributed by atoms with Crippen LogP contribution >= 0.6 is 0 Å². The summed E-state index contributed by atoms with van der Waals surface area (Å²) in [6, 6.07) is 16.1. The first-order valence-electron chi connectivity index (χ1n) is 8.86. The molecule has 0 bridgehead atoms. The molecule has 2 aromatic carbocycles. The van der Waals surface area contributed by atoms with Gasteiger partial charge in [-0.3, -0.25) is 14.9 Å². The molecule has 156 valence electrons. The first kappa shape index (κ1) is 20.1. The molecule has 31 heavy (non-hydrogen) atoms. The summed E-state index contributed by atoms with van der Waals surface area (Å²) < 4.78 is 46.1. The lowest BCUT2D eigenvalue weighted by molar-refractivity contribution is -0.384. The first-order chi connectivity index (χ1) is 14.7. The maximum atomic E-state index is 13.5. The van der Waals surface area contributed by atoms with Gasteiger partial charge >= 0.3 is 6.18 Å². The lowest BCUT2D eigenvalue weighted by atomic mass is 10.1. The number of halogens is 3. The normalized spacial score (nSPS) is 15.5. The fraction of sp³-hybridized carbons (Fsp3) is 0.0476. The van der Waals surface area contributed by atoms with Gasteiger partial charge < -0.3 is 4.42 Å². The number of nitro groups is 1. The van der Waals surface area contributed by atoms with Gasteiger partial charge in [0.2, 0.25) is 0 Å². The van der Waals surface area contributed by atoms with Gasteiger partial charge in [-0.2, -0.15) is 23.3 Å². The van der Waals surface area contributed by atoms with Gasteiger partial charge in [0.05, 0.1) is 16.2 Å². The standard InChI is InChI=1S/C21H12F3N3O4/c22-21(23,24)19-17(20(28)26(25-19)14-6-2-1-3-7-14)12-16-9-10-18(31-16)13-5-4-8-15(11-13)27(29)30/h1-12H/b17-12-. The molecule has 10 heteroatoms. The number of alkyl halides is 3. The Morgan fingerprint density at radius 2 is 1.77 bits per heavy atom. The van der Waals surface area contributed by atoms with Crippen LogP contribution < -0.4 is 5.01 Å². The molecule has 1 aromatic heterocycles. The van der Waals surface area contributed by atoms with Crippen molar-refractivity contribution in [2.45, 2.75) is 6.18 Å². The minimum Gasteiger partial charge on any atom is -0.457 e. The van der Waals surface area contributed by atoms with E-state index in [9.17, 15) is 28.1 Å². The fourth-order valence-corrected chi connectivity index (χ4v) is 3.00. The van der Waals surface area contributed by atoms with Crippen LogP contribution in [0.2, 0.25) is 0 Å². The number of carbonyl (C=O) groups excluding carboxylic acids is 1. The minimum atomic E-state index is -4.86. The van der Waals surface area contributed by atoms with Crippen molar-refractivity contribution in [1.29, 1.82) is 0 Å². The maximum absolute atomic E-state index is 13.5. The molecule has 1 amide bonds. The SMILES string of the molecule is O=C1/C(=C\c2ccc(-c3cccc([N+](=O)[O-])c3)o2)C(C(F)(F)F)=NN1c1ccccc1. The van der Waals surface area contributed by atoms with E-state index in [-0.39, 0.29) is 22.9 Å². The summed E-state index contributed by atoms with van der Waals surface area (Å²) in [5, 5.41) is 15.1. The van der Waals surface area contributed by atoms with Gasteiger partial charge in [0.25, 0.3) is 11.6 Å². The molecule has 0 radical (unpaired) electrons. The van der Waals surface area contributed by atoms with Gasteiger partial charge in [-0.1, -0.05) is 30.3 Å². The van der Waals surface area contributed by atoms with Crippen molar-refractivity contribution in [2.24, 2.45) is 5.10 Å². The van der Waals surface area contributed by atoms with Crippen LogP contribution in [0.3, 0.4) is 0 Å². The highest BCUT2D eigenvalue weighted by atomic mass is 19.4. The Bertz CT molecular complexity index is 1230. The Hall–Kier alpha value is -4.21. The topological polar surface area (TPSA) is 88.9 Å². The third kappa shape index (κ3) is 3.95. The van der Waals surface area contributed by atoms with E-state index < -0.39 is 28.3 Å². The quantitative estimate of drug-likeness (QED) is 0.325. The zero-order valence-electron chi connectivity index (χ0n) is 15.5. The van der Waals surface area contributed by atoms with Crippen LogP contribution in [0.15, 0.2) is 81.8 Å². The molecule has 0 atom stereocenters. The zero-order chi connectivity index (χ0) is 22.2. The van der Waals surface area contributed by atoms with E-state index in [0.29, 0.717) is 10.6 Å². The molecular weight excluding hydrogens is 415 g/mol. The predicted octanol–water partition coefficient (Wildman–Crippen LogP) is 5.20. The number of anilines is 1. The highest BCUT2D eigenvalue weighted by Crippen LogP contribution is 2.33. The van der Waals surface area contributed by atoms with Gasteiger partial charge in [0.15, 0.2) is 5.71 Å². The second-order valence-electron chi connectivity index (χ2n) is 6.47. The summed E-state index contributed by atoms with van der Waals surface area (Å²) in [6.07, 6.45) is -3.90. The van der Waals surface area contributed by atoms with Crippen molar-refractivity contribution >= 4 is 29.1 Å².